The van der Waals surface area contributed by atoms with Crippen LogP contribution < -0.4 is 4.90 Å². The number of anilines is 1. The van der Waals surface area contributed by atoms with Crippen LogP contribution in [0.1, 0.15) is 36.8 Å². The molecule has 2 aromatic rings. The molecule has 0 aromatic carbocycles. The Morgan fingerprint density at radius 2 is 2.28 bits per heavy atom. The van der Waals surface area contributed by atoms with Crippen LogP contribution in [0.3, 0.4) is 0 Å². The quantitative estimate of drug-likeness (QED) is 0.834. The van der Waals surface area contributed by atoms with E-state index in [9.17, 15) is 0 Å². The Kier molecular flexibility index (Phi) is 3.03. The normalized spacial score (nSPS) is 20.3. The number of hydrogen-bond donors (Lipinski definition) is 0. The average Bonchev–Trinajstić information content (AvgIpc) is 2.98. The van der Waals surface area contributed by atoms with Gasteiger partial charge in [0.25, 0.3) is 0 Å². The van der Waals surface area contributed by atoms with Crippen molar-refractivity contribution in [2.24, 2.45) is 7.05 Å². The summed E-state index contributed by atoms with van der Waals surface area (Å²) in [5.74, 6) is 0.865. The minimum absolute atomic E-state index is 0.388. The standard InChI is InChI=1S/C12H17N5S/c1-9-14-12(18-15-9)17-8-4-3-5-11(17)10-6-7-13-16(10)2/h6-7,11H,3-5,8H2,1-2H3. The third-order valence-electron chi connectivity index (χ3n) is 3.47. The maximum atomic E-state index is 4.53. The molecule has 0 saturated carbocycles. The Morgan fingerprint density at radius 3 is 2.94 bits per heavy atom. The van der Waals surface area contributed by atoms with Gasteiger partial charge in [0, 0.05) is 31.3 Å². The first-order chi connectivity index (χ1) is 8.75. The van der Waals surface area contributed by atoms with E-state index in [0.717, 1.165) is 23.9 Å². The lowest BCUT2D eigenvalue weighted by Gasteiger charge is -2.35. The van der Waals surface area contributed by atoms with E-state index in [4.69, 9.17) is 0 Å². The van der Waals surface area contributed by atoms with Gasteiger partial charge in [0.15, 0.2) is 0 Å². The molecule has 96 valence electrons. The van der Waals surface area contributed by atoms with E-state index >= 15 is 0 Å². The molecule has 1 aliphatic heterocycles. The third-order valence-corrected chi connectivity index (χ3v) is 4.31. The number of aromatic nitrogens is 4. The van der Waals surface area contributed by atoms with Crippen molar-refractivity contribution < 1.29 is 0 Å². The van der Waals surface area contributed by atoms with Gasteiger partial charge in [-0.05, 0) is 32.3 Å². The summed E-state index contributed by atoms with van der Waals surface area (Å²) in [6.07, 6.45) is 5.53. The van der Waals surface area contributed by atoms with Crippen LogP contribution in [-0.4, -0.2) is 25.7 Å². The lowest BCUT2D eigenvalue weighted by molar-refractivity contribution is 0.449. The molecule has 0 spiro atoms. The van der Waals surface area contributed by atoms with E-state index in [1.54, 1.807) is 0 Å². The summed E-state index contributed by atoms with van der Waals surface area (Å²) in [6, 6.07) is 2.50. The van der Waals surface area contributed by atoms with Crippen molar-refractivity contribution in [2.75, 3.05) is 11.4 Å². The molecule has 1 atom stereocenters. The van der Waals surface area contributed by atoms with Gasteiger partial charge in [-0.3, -0.25) is 4.68 Å². The smallest absolute Gasteiger partial charge is 0.205 e. The van der Waals surface area contributed by atoms with Crippen LogP contribution in [0.15, 0.2) is 12.3 Å². The van der Waals surface area contributed by atoms with Gasteiger partial charge in [-0.1, -0.05) is 0 Å². The molecule has 6 heteroatoms. The first kappa shape index (κ1) is 11.6. The fourth-order valence-corrected chi connectivity index (χ4v) is 3.33. The molecule has 1 fully saturated rings. The molecule has 1 unspecified atom stereocenters. The van der Waals surface area contributed by atoms with E-state index in [2.05, 4.69) is 25.4 Å². The van der Waals surface area contributed by atoms with E-state index in [-0.39, 0.29) is 0 Å². The average molecular weight is 263 g/mol. The second-order valence-electron chi connectivity index (χ2n) is 4.71. The van der Waals surface area contributed by atoms with Crippen LogP contribution in [0.2, 0.25) is 0 Å². The first-order valence-electron chi connectivity index (χ1n) is 6.30. The maximum Gasteiger partial charge on any atom is 0.205 e. The van der Waals surface area contributed by atoms with Crippen molar-refractivity contribution in [3.8, 4) is 0 Å². The van der Waals surface area contributed by atoms with Gasteiger partial charge in [-0.15, -0.1) is 0 Å². The molecule has 0 aliphatic carbocycles. The van der Waals surface area contributed by atoms with E-state index in [0.29, 0.717) is 6.04 Å². The van der Waals surface area contributed by atoms with E-state index in [1.807, 2.05) is 24.9 Å². The SMILES string of the molecule is Cc1nsc(N2CCCCC2c2ccnn2C)n1. The number of hydrogen-bond acceptors (Lipinski definition) is 5. The lowest BCUT2D eigenvalue weighted by atomic mass is 10.00. The molecule has 0 amide bonds. The van der Waals surface area contributed by atoms with Gasteiger partial charge in [-0.25, -0.2) is 4.98 Å². The number of aryl methyl sites for hydroxylation is 2. The van der Waals surface area contributed by atoms with Crippen molar-refractivity contribution >= 4 is 16.7 Å². The van der Waals surface area contributed by atoms with Crippen molar-refractivity contribution in [2.45, 2.75) is 32.2 Å². The van der Waals surface area contributed by atoms with Gasteiger partial charge >= 0.3 is 0 Å². The Balaban J connectivity index is 1.93. The zero-order chi connectivity index (χ0) is 12.5. The predicted octanol–water partition coefficient (Wildman–Crippen LogP) is 2.31. The number of piperidine rings is 1. The maximum absolute atomic E-state index is 4.53. The Morgan fingerprint density at radius 1 is 1.39 bits per heavy atom. The Hall–Kier alpha value is -1.43. The van der Waals surface area contributed by atoms with E-state index in [1.165, 1.54) is 30.1 Å². The van der Waals surface area contributed by atoms with Crippen LogP contribution in [0.4, 0.5) is 5.13 Å². The van der Waals surface area contributed by atoms with Crippen molar-refractivity contribution in [3.63, 3.8) is 0 Å². The molecule has 3 rings (SSSR count). The molecular formula is C12H17N5S. The van der Waals surface area contributed by atoms with Gasteiger partial charge < -0.3 is 4.90 Å². The fourth-order valence-electron chi connectivity index (χ4n) is 2.58. The van der Waals surface area contributed by atoms with Crippen LogP contribution >= 0.6 is 11.5 Å². The summed E-state index contributed by atoms with van der Waals surface area (Å²) in [7, 11) is 2.01. The van der Waals surface area contributed by atoms with Gasteiger partial charge in [-0.2, -0.15) is 9.47 Å². The second-order valence-corrected chi connectivity index (χ2v) is 5.44. The number of nitrogens with zero attached hydrogens (tertiary/aromatic N) is 5. The molecule has 5 nitrogen and oxygen atoms in total. The molecule has 0 radical (unpaired) electrons. The predicted molar refractivity (Wildman–Crippen MR) is 71.8 cm³/mol. The van der Waals surface area contributed by atoms with Crippen LogP contribution in [0.25, 0.3) is 0 Å². The second kappa shape index (κ2) is 4.68. The summed E-state index contributed by atoms with van der Waals surface area (Å²) in [6.45, 7) is 3.01. The lowest BCUT2D eigenvalue weighted by Crippen LogP contribution is -2.34. The summed E-state index contributed by atoms with van der Waals surface area (Å²) in [4.78, 5) is 6.91. The fraction of sp³-hybridized carbons (Fsp3) is 0.583. The highest BCUT2D eigenvalue weighted by atomic mass is 32.1. The summed E-state index contributed by atoms with van der Waals surface area (Å²) >= 11 is 1.50. The zero-order valence-electron chi connectivity index (χ0n) is 10.7. The summed E-state index contributed by atoms with van der Waals surface area (Å²) in [5.41, 5.74) is 1.27. The molecule has 2 aromatic heterocycles. The number of rotatable bonds is 2. The molecule has 1 aliphatic rings. The minimum atomic E-state index is 0.388. The molecule has 0 bridgehead atoms. The minimum Gasteiger partial charge on any atom is -0.338 e. The van der Waals surface area contributed by atoms with Crippen molar-refractivity contribution in [1.29, 1.82) is 0 Å². The van der Waals surface area contributed by atoms with E-state index < -0.39 is 0 Å². The Bertz CT molecular complexity index is 532. The van der Waals surface area contributed by atoms with Crippen molar-refractivity contribution in [3.05, 3.63) is 23.8 Å². The van der Waals surface area contributed by atoms with Crippen LogP contribution in [-0.2, 0) is 7.05 Å². The summed E-state index contributed by atoms with van der Waals surface area (Å²) < 4.78 is 6.27. The largest absolute Gasteiger partial charge is 0.338 e. The highest BCUT2D eigenvalue weighted by Gasteiger charge is 2.28. The summed E-state index contributed by atoms with van der Waals surface area (Å²) in [5, 5.41) is 5.32. The Labute approximate surface area is 111 Å². The van der Waals surface area contributed by atoms with Crippen LogP contribution in [0.5, 0.6) is 0 Å². The topological polar surface area (TPSA) is 46.8 Å². The zero-order valence-corrected chi connectivity index (χ0v) is 11.5. The molecule has 3 heterocycles. The van der Waals surface area contributed by atoms with Gasteiger partial charge in [0.05, 0.1) is 11.7 Å². The third kappa shape index (κ3) is 2.01. The van der Waals surface area contributed by atoms with Gasteiger partial charge in [0.2, 0.25) is 5.13 Å². The molecular weight excluding hydrogens is 246 g/mol. The van der Waals surface area contributed by atoms with Gasteiger partial charge in [0.1, 0.15) is 5.82 Å². The van der Waals surface area contributed by atoms with Crippen LogP contribution in [0, 0.1) is 6.92 Å². The molecule has 0 N–H and O–H groups in total. The van der Waals surface area contributed by atoms with Crippen molar-refractivity contribution in [1.82, 2.24) is 19.1 Å². The highest BCUT2D eigenvalue weighted by Crippen LogP contribution is 2.35. The monoisotopic (exact) mass is 263 g/mol. The molecule has 1 saturated heterocycles. The highest BCUT2D eigenvalue weighted by molar-refractivity contribution is 7.09. The first-order valence-corrected chi connectivity index (χ1v) is 7.08. The molecule has 18 heavy (non-hydrogen) atoms.